The molecule has 0 aliphatic rings. The van der Waals surface area contributed by atoms with Gasteiger partial charge in [-0.3, -0.25) is 4.98 Å². The number of rotatable bonds is 6. The van der Waals surface area contributed by atoms with Crippen LogP contribution in [0.5, 0.6) is 11.5 Å². The molecule has 0 aliphatic heterocycles. The van der Waals surface area contributed by atoms with Gasteiger partial charge in [0.2, 0.25) is 10.1 Å². The van der Waals surface area contributed by atoms with E-state index in [9.17, 15) is 0 Å². The van der Waals surface area contributed by atoms with Crippen molar-refractivity contribution in [1.82, 2.24) is 24.8 Å². The van der Waals surface area contributed by atoms with Crippen LogP contribution in [0, 0.1) is 6.92 Å². The Bertz CT molecular complexity index is 1330. The molecule has 0 amide bonds. The lowest BCUT2D eigenvalue weighted by Gasteiger charge is -2.10. The SMILES string of the molecule is COc1ccc2nc(C)cc(OCc3nnc4sc(Nc5ccccc5)nn34)c2c1. The number of ether oxygens (including phenoxy) is 2. The fraction of sp³-hybridized carbons (Fsp3) is 0.143. The predicted octanol–water partition coefficient (Wildman–Crippen LogP) is 4.37. The van der Waals surface area contributed by atoms with Crippen LogP contribution in [0.4, 0.5) is 10.8 Å². The second kappa shape index (κ2) is 7.60. The van der Waals surface area contributed by atoms with Crippen LogP contribution in [-0.4, -0.2) is 31.9 Å². The van der Waals surface area contributed by atoms with Crippen molar-refractivity contribution in [2.75, 3.05) is 12.4 Å². The summed E-state index contributed by atoms with van der Waals surface area (Å²) >= 11 is 1.43. The highest BCUT2D eigenvalue weighted by atomic mass is 32.1. The molecular formula is C21H18N6O2S. The normalized spacial score (nSPS) is 11.1. The van der Waals surface area contributed by atoms with Crippen LogP contribution in [0.1, 0.15) is 11.5 Å². The van der Waals surface area contributed by atoms with Crippen LogP contribution >= 0.6 is 11.3 Å². The standard InChI is InChI=1S/C21H18N6O2S/c1-13-10-18(16-11-15(28-2)8-9-17(16)22-13)29-12-19-24-25-21-27(19)26-20(30-21)23-14-6-4-3-5-7-14/h3-11H,12H2,1-2H3,(H,23,26). The molecule has 2 aromatic carbocycles. The number of nitrogens with one attached hydrogen (secondary N) is 1. The number of pyridine rings is 1. The molecule has 30 heavy (non-hydrogen) atoms. The Labute approximate surface area is 176 Å². The molecule has 0 unspecified atom stereocenters. The lowest BCUT2D eigenvalue weighted by molar-refractivity contribution is 0.296. The zero-order chi connectivity index (χ0) is 20.5. The second-order valence-corrected chi connectivity index (χ2v) is 7.60. The van der Waals surface area contributed by atoms with Gasteiger partial charge in [0.05, 0.1) is 12.6 Å². The van der Waals surface area contributed by atoms with Gasteiger partial charge in [0.1, 0.15) is 18.1 Å². The Kier molecular flexibility index (Phi) is 4.64. The van der Waals surface area contributed by atoms with E-state index in [2.05, 4.69) is 25.6 Å². The fourth-order valence-corrected chi connectivity index (χ4v) is 3.91. The molecule has 9 heteroatoms. The number of methoxy groups -OCH3 is 1. The number of fused-ring (bicyclic) bond motifs is 2. The van der Waals surface area contributed by atoms with Gasteiger partial charge in [0.15, 0.2) is 5.82 Å². The van der Waals surface area contributed by atoms with E-state index in [1.54, 1.807) is 11.6 Å². The molecule has 3 heterocycles. The summed E-state index contributed by atoms with van der Waals surface area (Å²) < 4.78 is 13.1. The van der Waals surface area contributed by atoms with E-state index in [0.29, 0.717) is 16.5 Å². The Balaban J connectivity index is 1.41. The summed E-state index contributed by atoms with van der Waals surface area (Å²) in [5.41, 5.74) is 2.69. The molecule has 0 atom stereocenters. The van der Waals surface area contributed by atoms with E-state index in [1.165, 1.54) is 11.3 Å². The molecule has 5 aromatic rings. The van der Waals surface area contributed by atoms with Crippen molar-refractivity contribution >= 4 is 38.0 Å². The van der Waals surface area contributed by atoms with E-state index < -0.39 is 0 Å². The second-order valence-electron chi connectivity index (χ2n) is 6.64. The first-order valence-electron chi connectivity index (χ1n) is 9.31. The molecule has 0 saturated heterocycles. The van der Waals surface area contributed by atoms with Gasteiger partial charge in [-0.15, -0.1) is 15.3 Å². The summed E-state index contributed by atoms with van der Waals surface area (Å²) in [5.74, 6) is 2.08. The monoisotopic (exact) mass is 418 g/mol. The van der Waals surface area contributed by atoms with Gasteiger partial charge >= 0.3 is 0 Å². The fourth-order valence-electron chi connectivity index (χ4n) is 3.13. The smallest absolute Gasteiger partial charge is 0.236 e. The summed E-state index contributed by atoms with van der Waals surface area (Å²) in [6.07, 6.45) is 0. The summed E-state index contributed by atoms with van der Waals surface area (Å²) in [5, 5.41) is 17.9. The number of nitrogens with zero attached hydrogens (tertiary/aromatic N) is 5. The van der Waals surface area contributed by atoms with Gasteiger partial charge in [-0.1, -0.05) is 29.5 Å². The van der Waals surface area contributed by atoms with Crippen molar-refractivity contribution in [2.45, 2.75) is 13.5 Å². The number of anilines is 2. The van der Waals surface area contributed by atoms with Gasteiger partial charge in [0, 0.05) is 22.8 Å². The minimum atomic E-state index is 0.228. The maximum Gasteiger partial charge on any atom is 0.236 e. The van der Waals surface area contributed by atoms with Gasteiger partial charge in [-0.25, -0.2) is 0 Å². The zero-order valence-electron chi connectivity index (χ0n) is 16.4. The molecule has 0 radical (unpaired) electrons. The topological polar surface area (TPSA) is 86.5 Å². The van der Waals surface area contributed by atoms with Crippen molar-refractivity contribution in [2.24, 2.45) is 0 Å². The number of para-hydroxylation sites is 1. The summed E-state index contributed by atoms with van der Waals surface area (Å²) in [7, 11) is 1.64. The molecule has 0 fully saturated rings. The minimum Gasteiger partial charge on any atom is -0.497 e. The van der Waals surface area contributed by atoms with Gasteiger partial charge in [-0.05, 0) is 37.3 Å². The molecule has 8 nitrogen and oxygen atoms in total. The maximum atomic E-state index is 6.10. The maximum absolute atomic E-state index is 6.10. The molecule has 0 bridgehead atoms. The van der Waals surface area contributed by atoms with Crippen molar-refractivity contribution in [1.29, 1.82) is 0 Å². The average Bonchev–Trinajstić information content (AvgIpc) is 3.32. The number of aryl methyl sites for hydroxylation is 1. The third-order valence-corrected chi connectivity index (χ3v) is 5.36. The highest BCUT2D eigenvalue weighted by molar-refractivity contribution is 7.20. The summed E-state index contributed by atoms with van der Waals surface area (Å²) in [6, 6.07) is 17.5. The van der Waals surface area contributed by atoms with Crippen molar-refractivity contribution in [3.05, 3.63) is 66.1 Å². The van der Waals surface area contributed by atoms with Crippen LogP contribution in [0.15, 0.2) is 54.6 Å². The van der Waals surface area contributed by atoms with E-state index >= 15 is 0 Å². The van der Waals surface area contributed by atoms with E-state index in [0.717, 1.165) is 33.2 Å². The molecule has 0 aliphatic carbocycles. The Morgan fingerprint density at radius 2 is 1.93 bits per heavy atom. The number of hydrogen-bond acceptors (Lipinski definition) is 8. The third kappa shape index (κ3) is 3.50. The van der Waals surface area contributed by atoms with Crippen LogP contribution in [0.3, 0.4) is 0 Å². The van der Waals surface area contributed by atoms with Gasteiger partial charge in [0.25, 0.3) is 0 Å². The lowest BCUT2D eigenvalue weighted by atomic mass is 10.1. The average molecular weight is 418 g/mol. The molecular weight excluding hydrogens is 400 g/mol. The number of hydrogen-bond donors (Lipinski definition) is 1. The third-order valence-electron chi connectivity index (χ3n) is 4.54. The minimum absolute atomic E-state index is 0.228. The molecule has 150 valence electrons. The molecule has 0 saturated carbocycles. The first-order valence-corrected chi connectivity index (χ1v) is 10.1. The highest BCUT2D eigenvalue weighted by Gasteiger charge is 2.14. The van der Waals surface area contributed by atoms with Crippen molar-refractivity contribution < 1.29 is 9.47 Å². The Morgan fingerprint density at radius 1 is 1.07 bits per heavy atom. The lowest BCUT2D eigenvalue weighted by Crippen LogP contribution is -2.03. The van der Waals surface area contributed by atoms with E-state index in [-0.39, 0.29) is 6.61 Å². The van der Waals surface area contributed by atoms with Crippen LogP contribution in [0.25, 0.3) is 15.9 Å². The summed E-state index contributed by atoms with van der Waals surface area (Å²) in [6.45, 7) is 2.17. The quantitative estimate of drug-likeness (QED) is 0.438. The zero-order valence-corrected chi connectivity index (χ0v) is 17.2. The number of aromatic nitrogens is 5. The molecule has 5 rings (SSSR count). The first-order chi connectivity index (χ1) is 14.7. The Hall–Kier alpha value is -3.72. The first kappa shape index (κ1) is 18.3. The molecule has 3 aromatic heterocycles. The Morgan fingerprint density at radius 3 is 2.77 bits per heavy atom. The van der Waals surface area contributed by atoms with E-state index in [1.807, 2.05) is 61.5 Å². The van der Waals surface area contributed by atoms with Crippen LogP contribution in [-0.2, 0) is 6.61 Å². The van der Waals surface area contributed by atoms with Crippen molar-refractivity contribution in [3.8, 4) is 11.5 Å². The van der Waals surface area contributed by atoms with Gasteiger partial charge in [-0.2, -0.15) is 4.52 Å². The van der Waals surface area contributed by atoms with Crippen molar-refractivity contribution in [3.63, 3.8) is 0 Å². The molecule has 0 spiro atoms. The predicted molar refractivity (Wildman–Crippen MR) is 116 cm³/mol. The van der Waals surface area contributed by atoms with Crippen LogP contribution < -0.4 is 14.8 Å². The van der Waals surface area contributed by atoms with E-state index in [4.69, 9.17) is 9.47 Å². The highest BCUT2D eigenvalue weighted by Crippen LogP contribution is 2.30. The summed E-state index contributed by atoms with van der Waals surface area (Å²) in [4.78, 5) is 5.26. The van der Waals surface area contributed by atoms with Gasteiger partial charge < -0.3 is 14.8 Å². The number of benzene rings is 2. The largest absolute Gasteiger partial charge is 0.497 e. The molecule has 1 N–H and O–H groups in total. The van der Waals surface area contributed by atoms with Crippen LogP contribution in [0.2, 0.25) is 0 Å².